The molecule has 3 aromatic rings. The number of hydrogen-bond acceptors (Lipinski definition) is 6. The summed E-state index contributed by atoms with van der Waals surface area (Å²) in [4.78, 5) is 45.1. The quantitative estimate of drug-likeness (QED) is 0.240. The Labute approximate surface area is 284 Å². The number of benzene rings is 2. The van der Waals surface area contributed by atoms with Gasteiger partial charge in [-0.2, -0.15) is 0 Å². The number of hydrogen-bond donors (Lipinski definition) is 3. The van der Waals surface area contributed by atoms with E-state index in [4.69, 9.17) is 9.31 Å². The van der Waals surface area contributed by atoms with Gasteiger partial charge in [0.25, 0.3) is 11.8 Å². The molecule has 1 aromatic heterocycles. The lowest BCUT2D eigenvalue weighted by Gasteiger charge is -2.64. The van der Waals surface area contributed by atoms with E-state index in [1.807, 2.05) is 55.5 Å². The van der Waals surface area contributed by atoms with Crippen molar-refractivity contribution in [2.45, 2.75) is 84.5 Å². The molecule has 1 aliphatic heterocycles. The van der Waals surface area contributed by atoms with Crippen molar-refractivity contribution in [2.24, 2.45) is 23.2 Å². The predicted molar refractivity (Wildman–Crippen MR) is 186 cm³/mol. The molecule has 0 radical (unpaired) electrons. The van der Waals surface area contributed by atoms with Crippen molar-refractivity contribution in [1.82, 2.24) is 20.9 Å². The zero-order valence-corrected chi connectivity index (χ0v) is 28.8. The molecule has 48 heavy (non-hydrogen) atoms. The highest BCUT2D eigenvalue weighted by molar-refractivity contribution is 6.48. The Morgan fingerprint density at radius 3 is 2.35 bits per heavy atom. The second-order valence-corrected chi connectivity index (χ2v) is 15.0. The second kappa shape index (κ2) is 13.5. The van der Waals surface area contributed by atoms with Crippen LogP contribution in [0.5, 0.6) is 0 Å². The average Bonchev–Trinajstić information content (AvgIpc) is 3.44. The third-order valence-electron chi connectivity index (χ3n) is 10.9. The topological polar surface area (TPSA) is 119 Å². The van der Waals surface area contributed by atoms with Crippen molar-refractivity contribution in [3.8, 4) is 11.1 Å². The molecule has 3 amide bonds. The standard InChI is InChI=1S/C38H47BN4O5/c1-23(2)18-33(39-47-32-21-28-20-31(37(28,4)5)38(32,6)48-39)43-36(46)30(22-41-34(44)26-14-12-24(3)13-15-26)42-35(45)29-19-27(16-17-40-29)25-10-8-7-9-11-25/h7-17,19,23,28,30-33H,18,20-22H2,1-6H3,(H,41,44)(H,42,45)(H,43,46)/t28-,30-,31-,32+,33-,38-/m0/s1. The lowest BCUT2D eigenvalue weighted by Crippen LogP contribution is -2.65. The van der Waals surface area contributed by atoms with Gasteiger partial charge in [-0.15, -0.1) is 0 Å². The Morgan fingerprint density at radius 2 is 1.67 bits per heavy atom. The summed E-state index contributed by atoms with van der Waals surface area (Å²) in [6.07, 6.45) is 4.24. The molecule has 2 heterocycles. The van der Waals surface area contributed by atoms with E-state index in [0.717, 1.165) is 29.5 Å². The van der Waals surface area contributed by atoms with Crippen LogP contribution >= 0.6 is 0 Å². The Bertz CT molecular complexity index is 1650. The number of nitrogens with zero attached hydrogens (tertiary/aromatic N) is 1. The Morgan fingerprint density at radius 1 is 0.938 bits per heavy atom. The van der Waals surface area contributed by atoms with Gasteiger partial charge in [0.05, 0.1) is 17.6 Å². The molecule has 3 saturated carbocycles. The van der Waals surface area contributed by atoms with Gasteiger partial charge in [-0.05, 0) is 91.7 Å². The van der Waals surface area contributed by atoms with E-state index < -0.39 is 36.5 Å². The molecule has 3 aliphatic carbocycles. The number of pyridine rings is 1. The smallest absolute Gasteiger partial charge is 0.404 e. The normalized spacial score (nSPS) is 25.0. The second-order valence-electron chi connectivity index (χ2n) is 15.0. The number of carbonyl (C=O) groups excluding carboxylic acids is 3. The van der Waals surface area contributed by atoms with E-state index in [9.17, 15) is 14.4 Å². The van der Waals surface area contributed by atoms with Crippen LogP contribution in [0, 0.1) is 30.1 Å². The van der Waals surface area contributed by atoms with Gasteiger partial charge in [0, 0.05) is 18.3 Å². The molecule has 252 valence electrons. The summed E-state index contributed by atoms with van der Waals surface area (Å²) in [5.41, 5.74) is 3.20. The van der Waals surface area contributed by atoms with Crippen LogP contribution in [0.1, 0.15) is 80.3 Å². The van der Waals surface area contributed by atoms with E-state index in [-0.39, 0.29) is 35.6 Å². The third-order valence-corrected chi connectivity index (χ3v) is 10.9. The summed E-state index contributed by atoms with van der Waals surface area (Å²) in [7, 11) is -0.621. The summed E-state index contributed by atoms with van der Waals surface area (Å²) >= 11 is 0. The maximum Gasteiger partial charge on any atom is 0.481 e. The number of aromatic nitrogens is 1. The zero-order valence-electron chi connectivity index (χ0n) is 28.8. The molecule has 4 aliphatic rings. The first-order valence-corrected chi connectivity index (χ1v) is 17.2. The molecule has 3 N–H and O–H groups in total. The average molecular weight is 651 g/mol. The first-order valence-electron chi connectivity index (χ1n) is 17.2. The first kappa shape index (κ1) is 33.9. The zero-order chi connectivity index (χ0) is 34.2. The number of amides is 3. The fourth-order valence-corrected chi connectivity index (χ4v) is 7.91. The highest BCUT2D eigenvalue weighted by atomic mass is 16.7. The summed E-state index contributed by atoms with van der Waals surface area (Å²) in [6, 6.07) is 19.3. The lowest BCUT2D eigenvalue weighted by molar-refractivity contribution is -0.199. The van der Waals surface area contributed by atoms with Gasteiger partial charge >= 0.3 is 7.12 Å². The molecule has 1 saturated heterocycles. The minimum atomic E-state index is -1.09. The van der Waals surface area contributed by atoms with E-state index in [1.54, 1.807) is 24.4 Å². The molecule has 6 atom stereocenters. The fourth-order valence-electron chi connectivity index (χ4n) is 7.91. The van der Waals surface area contributed by atoms with Crippen molar-refractivity contribution < 1.29 is 23.7 Å². The number of rotatable bonds is 11. The maximum absolute atomic E-state index is 14.1. The number of carbonyl (C=O) groups is 3. The highest BCUT2D eigenvalue weighted by Crippen LogP contribution is 2.65. The number of aryl methyl sites for hydroxylation is 1. The molecule has 10 heteroatoms. The van der Waals surface area contributed by atoms with Gasteiger partial charge in [-0.1, -0.05) is 75.7 Å². The largest absolute Gasteiger partial charge is 0.481 e. The van der Waals surface area contributed by atoms with Crippen LogP contribution in [0.2, 0.25) is 0 Å². The van der Waals surface area contributed by atoms with Gasteiger partial charge in [0.15, 0.2) is 0 Å². The third kappa shape index (κ3) is 6.78. The number of nitrogens with one attached hydrogen (secondary N) is 3. The Hall–Kier alpha value is -4.02. The first-order chi connectivity index (χ1) is 22.8. The van der Waals surface area contributed by atoms with Crippen LogP contribution in [0.15, 0.2) is 72.9 Å². The summed E-state index contributed by atoms with van der Waals surface area (Å²) in [5.74, 6) is -0.523. The van der Waals surface area contributed by atoms with Gasteiger partial charge in [-0.25, -0.2) is 0 Å². The molecule has 0 unspecified atom stereocenters. The van der Waals surface area contributed by atoms with Crippen molar-refractivity contribution in [1.29, 1.82) is 0 Å². The van der Waals surface area contributed by atoms with Crippen LogP contribution in [-0.4, -0.2) is 60.1 Å². The monoisotopic (exact) mass is 650 g/mol. The van der Waals surface area contributed by atoms with Crippen LogP contribution in [0.4, 0.5) is 0 Å². The molecule has 0 spiro atoms. The fraction of sp³-hybridized carbons (Fsp3) is 0.474. The molecule has 9 nitrogen and oxygen atoms in total. The molecule has 7 rings (SSSR count). The van der Waals surface area contributed by atoms with Crippen LogP contribution in [-0.2, 0) is 14.1 Å². The van der Waals surface area contributed by atoms with Crippen molar-refractivity contribution in [3.63, 3.8) is 0 Å². The molecule has 2 aromatic carbocycles. The van der Waals surface area contributed by atoms with Gasteiger partial charge in [0.2, 0.25) is 5.91 Å². The Kier molecular flexibility index (Phi) is 9.51. The minimum Gasteiger partial charge on any atom is -0.404 e. The van der Waals surface area contributed by atoms with E-state index >= 15 is 0 Å². The SMILES string of the molecule is Cc1ccc(C(=O)NC[C@H](NC(=O)c2cc(-c3ccccc3)ccn2)C(=O)N[C@@H](CC(C)C)B2O[C@@H]3C[C@@H]4C[C@@H](C4(C)C)[C@]3(C)O2)cc1. The molecule has 4 fully saturated rings. The van der Waals surface area contributed by atoms with Crippen molar-refractivity contribution in [2.75, 3.05) is 6.54 Å². The molecular weight excluding hydrogens is 603 g/mol. The Balaban J connectivity index is 1.21. The van der Waals surface area contributed by atoms with Crippen molar-refractivity contribution >= 4 is 24.8 Å². The van der Waals surface area contributed by atoms with Crippen molar-refractivity contribution in [3.05, 3.63) is 89.7 Å². The maximum atomic E-state index is 14.1. The van der Waals surface area contributed by atoms with E-state index in [2.05, 4.69) is 55.6 Å². The van der Waals surface area contributed by atoms with Gasteiger partial charge < -0.3 is 25.3 Å². The summed E-state index contributed by atoms with van der Waals surface area (Å²) in [6.45, 7) is 12.8. The highest BCUT2D eigenvalue weighted by Gasteiger charge is 2.68. The molecular formula is C38H47BN4O5. The lowest BCUT2D eigenvalue weighted by atomic mass is 9.43. The summed E-state index contributed by atoms with van der Waals surface area (Å²) in [5, 5.41) is 8.85. The minimum absolute atomic E-state index is 0.0295. The van der Waals surface area contributed by atoms with Crippen LogP contribution < -0.4 is 16.0 Å². The van der Waals surface area contributed by atoms with E-state index in [1.165, 1.54) is 0 Å². The molecule has 2 bridgehead atoms. The summed E-state index contributed by atoms with van der Waals surface area (Å²) < 4.78 is 13.3. The van der Waals surface area contributed by atoms with E-state index in [0.29, 0.717) is 23.8 Å². The van der Waals surface area contributed by atoms with Crippen LogP contribution in [0.25, 0.3) is 11.1 Å². The van der Waals surface area contributed by atoms with Gasteiger partial charge in [-0.3, -0.25) is 19.4 Å². The van der Waals surface area contributed by atoms with Gasteiger partial charge in [0.1, 0.15) is 11.7 Å². The predicted octanol–water partition coefficient (Wildman–Crippen LogP) is 5.38. The van der Waals surface area contributed by atoms with Crippen LogP contribution in [0.3, 0.4) is 0 Å².